The molecule has 0 radical (unpaired) electrons. The van der Waals surface area contributed by atoms with E-state index in [2.05, 4.69) is 10.6 Å². The largest absolute Gasteiger partial charge is 0.482 e. The van der Waals surface area contributed by atoms with Gasteiger partial charge in [-0.1, -0.05) is 17.7 Å². The molecule has 4 nitrogen and oxygen atoms in total. The van der Waals surface area contributed by atoms with Crippen LogP contribution in [-0.2, 0) is 11.3 Å². The molecule has 21 heavy (non-hydrogen) atoms. The van der Waals surface area contributed by atoms with E-state index in [0.29, 0.717) is 23.7 Å². The number of hydrogen-bond donors (Lipinski definition) is 2. The van der Waals surface area contributed by atoms with Gasteiger partial charge in [-0.25, -0.2) is 4.39 Å². The van der Waals surface area contributed by atoms with Crippen molar-refractivity contribution in [2.45, 2.75) is 6.54 Å². The number of hydrogen-bond acceptors (Lipinski definition) is 3. The number of halogens is 2. The van der Waals surface area contributed by atoms with Gasteiger partial charge < -0.3 is 15.4 Å². The zero-order valence-corrected chi connectivity index (χ0v) is 11.7. The van der Waals surface area contributed by atoms with Crippen LogP contribution < -0.4 is 15.4 Å². The van der Waals surface area contributed by atoms with Gasteiger partial charge in [-0.05, 0) is 35.9 Å². The third-order valence-corrected chi connectivity index (χ3v) is 3.40. The number of rotatable bonds is 3. The molecule has 0 unspecified atom stereocenters. The van der Waals surface area contributed by atoms with Crippen molar-refractivity contribution in [3.05, 3.63) is 52.8 Å². The Labute approximate surface area is 125 Å². The SMILES string of the molecule is O=C1COc2ccc(CNc3ccc(Cl)c(F)c3)cc2N1. The minimum Gasteiger partial charge on any atom is -0.482 e. The van der Waals surface area contributed by atoms with Gasteiger partial charge in [0.15, 0.2) is 6.61 Å². The van der Waals surface area contributed by atoms with E-state index in [4.69, 9.17) is 16.3 Å². The normalized spacial score (nSPS) is 13.1. The van der Waals surface area contributed by atoms with Crippen LogP contribution in [0.1, 0.15) is 5.56 Å². The summed E-state index contributed by atoms with van der Waals surface area (Å²) in [6.45, 7) is 0.527. The van der Waals surface area contributed by atoms with Gasteiger partial charge in [0, 0.05) is 12.2 Å². The van der Waals surface area contributed by atoms with Crippen LogP contribution in [0, 0.1) is 5.82 Å². The van der Waals surface area contributed by atoms with Gasteiger partial charge in [-0.3, -0.25) is 4.79 Å². The molecule has 108 valence electrons. The van der Waals surface area contributed by atoms with E-state index in [0.717, 1.165) is 5.56 Å². The first-order valence-corrected chi connectivity index (χ1v) is 6.74. The highest BCUT2D eigenvalue weighted by Gasteiger charge is 2.15. The van der Waals surface area contributed by atoms with Crippen molar-refractivity contribution >= 4 is 28.9 Å². The van der Waals surface area contributed by atoms with Crippen LogP contribution in [-0.4, -0.2) is 12.5 Å². The molecular weight excluding hydrogens is 295 g/mol. The Morgan fingerprint density at radius 3 is 2.95 bits per heavy atom. The summed E-state index contributed by atoms with van der Waals surface area (Å²) >= 11 is 5.63. The van der Waals surface area contributed by atoms with Gasteiger partial charge in [0.25, 0.3) is 5.91 Å². The third kappa shape index (κ3) is 3.08. The Morgan fingerprint density at radius 2 is 2.14 bits per heavy atom. The highest BCUT2D eigenvalue weighted by molar-refractivity contribution is 6.30. The Kier molecular flexibility index (Phi) is 3.66. The number of nitrogens with one attached hydrogen (secondary N) is 2. The predicted octanol–water partition coefficient (Wildman–Crippen LogP) is 3.42. The second-order valence-electron chi connectivity index (χ2n) is 4.65. The second-order valence-corrected chi connectivity index (χ2v) is 5.06. The van der Waals surface area contributed by atoms with E-state index in [-0.39, 0.29) is 17.5 Å². The lowest BCUT2D eigenvalue weighted by atomic mass is 10.1. The quantitative estimate of drug-likeness (QED) is 0.913. The van der Waals surface area contributed by atoms with Gasteiger partial charge in [0.05, 0.1) is 10.7 Å². The first-order valence-electron chi connectivity index (χ1n) is 6.36. The third-order valence-electron chi connectivity index (χ3n) is 3.09. The van der Waals surface area contributed by atoms with Crippen LogP contribution in [0.4, 0.5) is 15.8 Å². The van der Waals surface area contributed by atoms with Crippen molar-refractivity contribution in [3.63, 3.8) is 0 Å². The molecule has 1 heterocycles. The van der Waals surface area contributed by atoms with Gasteiger partial charge in [-0.2, -0.15) is 0 Å². The summed E-state index contributed by atoms with van der Waals surface area (Å²) in [6.07, 6.45) is 0. The molecule has 0 fully saturated rings. The van der Waals surface area contributed by atoms with E-state index < -0.39 is 5.82 Å². The summed E-state index contributed by atoms with van der Waals surface area (Å²) in [4.78, 5) is 11.3. The molecule has 0 spiro atoms. The van der Waals surface area contributed by atoms with Crippen molar-refractivity contribution in [2.75, 3.05) is 17.2 Å². The maximum absolute atomic E-state index is 13.3. The molecule has 0 saturated carbocycles. The monoisotopic (exact) mass is 306 g/mol. The van der Waals surface area contributed by atoms with Crippen LogP contribution in [0.3, 0.4) is 0 Å². The summed E-state index contributed by atoms with van der Waals surface area (Å²) in [6, 6.07) is 10.1. The average Bonchev–Trinajstić information content (AvgIpc) is 2.48. The van der Waals surface area contributed by atoms with E-state index in [1.807, 2.05) is 12.1 Å². The van der Waals surface area contributed by atoms with Crippen LogP contribution in [0.25, 0.3) is 0 Å². The standard InChI is InChI=1S/C15H12ClFN2O2/c16-11-3-2-10(6-12(11)17)18-7-9-1-4-14-13(5-9)19-15(20)8-21-14/h1-6,18H,7-8H2,(H,19,20). The summed E-state index contributed by atoms with van der Waals surface area (Å²) in [5.41, 5.74) is 2.22. The Hall–Kier alpha value is -2.27. The number of benzene rings is 2. The van der Waals surface area contributed by atoms with Crippen molar-refractivity contribution < 1.29 is 13.9 Å². The summed E-state index contributed by atoms with van der Waals surface area (Å²) in [5.74, 6) is 0.0102. The zero-order valence-electron chi connectivity index (χ0n) is 11.0. The summed E-state index contributed by atoms with van der Waals surface area (Å²) in [5, 5.41) is 5.93. The maximum Gasteiger partial charge on any atom is 0.262 e. The minimum atomic E-state index is -0.465. The molecule has 0 aliphatic carbocycles. The molecule has 1 aliphatic heterocycles. The van der Waals surface area contributed by atoms with Crippen LogP contribution in [0.2, 0.25) is 5.02 Å². The number of amides is 1. The zero-order chi connectivity index (χ0) is 14.8. The number of fused-ring (bicyclic) bond motifs is 1. The van der Waals surface area contributed by atoms with Crippen molar-refractivity contribution in [3.8, 4) is 5.75 Å². The molecule has 1 amide bonds. The van der Waals surface area contributed by atoms with Gasteiger partial charge in [0.2, 0.25) is 0 Å². The fourth-order valence-electron chi connectivity index (χ4n) is 2.05. The lowest BCUT2D eigenvalue weighted by Gasteiger charge is -2.18. The van der Waals surface area contributed by atoms with E-state index in [1.54, 1.807) is 12.1 Å². The van der Waals surface area contributed by atoms with Gasteiger partial charge >= 0.3 is 0 Å². The molecule has 2 N–H and O–H groups in total. The molecule has 0 bridgehead atoms. The Bertz CT molecular complexity index is 706. The Morgan fingerprint density at radius 1 is 1.29 bits per heavy atom. The lowest BCUT2D eigenvalue weighted by molar-refractivity contribution is -0.118. The molecule has 0 saturated heterocycles. The molecule has 6 heteroatoms. The van der Waals surface area contributed by atoms with E-state index in [1.165, 1.54) is 12.1 Å². The molecule has 2 aromatic rings. The molecule has 3 rings (SSSR count). The lowest BCUT2D eigenvalue weighted by Crippen LogP contribution is -2.25. The van der Waals surface area contributed by atoms with Crippen LogP contribution in [0.15, 0.2) is 36.4 Å². The Balaban J connectivity index is 1.72. The molecule has 0 atom stereocenters. The molecule has 2 aromatic carbocycles. The molecular formula is C15H12ClFN2O2. The highest BCUT2D eigenvalue weighted by Crippen LogP contribution is 2.28. The number of carbonyl (C=O) groups is 1. The summed E-state index contributed by atoms with van der Waals surface area (Å²) < 4.78 is 18.6. The number of anilines is 2. The number of carbonyl (C=O) groups excluding carboxylic acids is 1. The van der Waals surface area contributed by atoms with E-state index in [9.17, 15) is 9.18 Å². The highest BCUT2D eigenvalue weighted by atomic mass is 35.5. The smallest absolute Gasteiger partial charge is 0.262 e. The number of ether oxygens (including phenoxy) is 1. The summed E-state index contributed by atoms with van der Waals surface area (Å²) in [7, 11) is 0. The predicted molar refractivity (Wildman–Crippen MR) is 79.3 cm³/mol. The average molecular weight is 307 g/mol. The van der Waals surface area contributed by atoms with Crippen molar-refractivity contribution in [2.24, 2.45) is 0 Å². The minimum absolute atomic E-state index is 0.0364. The van der Waals surface area contributed by atoms with Crippen molar-refractivity contribution in [1.29, 1.82) is 0 Å². The fourth-order valence-corrected chi connectivity index (χ4v) is 2.17. The molecule has 0 aromatic heterocycles. The van der Waals surface area contributed by atoms with Gasteiger partial charge in [-0.15, -0.1) is 0 Å². The topological polar surface area (TPSA) is 50.4 Å². The van der Waals surface area contributed by atoms with Gasteiger partial charge in [0.1, 0.15) is 11.6 Å². The van der Waals surface area contributed by atoms with Crippen LogP contribution in [0.5, 0.6) is 5.75 Å². The fraction of sp³-hybridized carbons (Fsp3) is 0.133. The first kappa shape index (κ1) is 13.7. The first-order chi connectivity index (χ1) is 10.1. The van der Waals surface area contributed by atoms with Crippen LogP contribution >= 0.6 is 11.6 Å². The van der Waals surface area contributed by atoms with E-state index >= 15 is 0 Å². The maximum atomic E-state index is 13.3. The second kappa shape index (κ2) is 5.61. The van der Waals surface area contributed by atoms with Crippen molar-refractivity contribution in [1.82, 2.24) is 0 Å². The molecule has 1 aliphatic rings.